The van der Waals surface area contributed by atoms with Gasteiger partial charge in [0.2, 0.25) is 0 Å². The first kappa shape index (κ1) is 65.0. The van der Waals surface area contributed by atoms with Crippen molar-refractivity contribution in [2.24, 2.45) is 5.41 Å². The molecule has 0 fully saturated rings. The van der Waals surface area contributed by atoms with Crippen molar-refractivity contribution in [2.45, 2.75) is 261 Å². The van der Waals surface area contributed by atoms with Crippen LogP contribution in [0.3, 0.4) is 0 Å². The fourth-order valence-electron chi connectivity index (χ4n) is 11.1. The summed E-state index contributed by atoms with van der Waals surface area (Å²) in [6.07, 6.45) is 42.5. The monoisotopic (exact) mass is 1040 g/mol. The predicted molar refractivity (Wildman–Crippen MR) is 290 cm³/mol. The van der Waals surface area contributed by atoms with E-state index in [0.29, 0.717) is 0 Å². The summed E-state index contributed by atoms with van der Waals surface area (Å²) in [5, 5.41) is 6.87. The molecule has 0 N–H and O–H groups in total. The van der Waals surface area contributed by atoms with Crippen molar-refractivity contribution in [1.29, 1.82) is 0 Å². The van der Waals surface area contributed by atoms with E-state index in [1.54, 1.807) is 59.7 Å². The van der Waals surface area contributed by atoms with E-state index in [-0.39, 0.29) is 42.6 Å². The smallest absolute Gasteiger partial charge is 1.00 e. The minimum atomic E-state index is -2.89. The van der Waals surface area contributed by atoms with Crippen LogP contribution < -0.4 is 52.8 Å². The van der Waals surface area contributed by atoms with Gasteiger partial charge in [0, 0.05) is 0 Å². The summed E-state index contributed by atoms with van der Waals surface area (Å²) in [5.74, 6) is 0. The van der Waals surface area contributed by atoms with E-state index in [1.165, 1.54) is 197 Å². The SMILES string of the molecule is CCCCCCc1cc(CCCCCC)cc([Si](C2=C(C(C)(C)C)[C]([Ti+3])=CC2)(c2cc(CCCCCC)cc(CCCCCC)c2)c2cc(CCCCCC)cc(CCCCCC)c2)c1.[Cl-].[Cl-].[Cl-]. The van der Waals surface area contributed by atoms with E-state index < -0.39 is 8.07 Å². The molecular weight excluding hydrogens is 939 g/mol. The number of rotatable bonds is 34. The van der Waals surface area contributed by atoms with E-state index in [4.69, 9.17) is 0 Å². The van der Waals surface area contributed by atoms with Gasteiger partial charge in [0.15, 0.2) is 0 Å². The Morgan fingerprint density at radius 3 is 0.809 bits per heavy atom. The molecule has 0 amide bonds. The Morgan fingerprint density at radius 2 is 0.603 bits per heavy atom. The second-order valence-electron chi connectivity index (χ2n) is 21.7. The molecule has 5 heteroatoms. The van der Waals surface area contributed by atoms with Gasteiger partial charge < -0.3 is 37.2 Å². The van der Waals surface area contributed by atoms with Crippen molar-refractivity contribution in [3.8, 4) is 0 Å². The van der Waals surface area contributed by atoms with Gasteiger partial charge in [-0.05, 0) is 0 Å². The molecule has 0 unspecified atom stereocenters. The third-order valence-electron chi connectivity index (χ3n) is 14.7. The zero-order chi connectivity index (χ0) is 46.9. The fraction of sp³-hybridized carbons (Fsp3) is 0.651. The zero-order valence-electron chi connectivity index (χ0n) is 45.3. The largest absolute Gasteiger partial charge is 1.00 e. The molecule has 0 nitrogen and oxygen atoms in total. The molecule has 4 rings (SSSR count). The number of hydrogen-bond donors (Lipinski definition) is 0. The summed E-state index contributed by atoms with van der Waals surface area (Å²) < 4.78 is 1.53. The van der Waals surface area contributed by atoms with Gasteiger partial charge in [-0.1, -0.05) is 41.5 Å². The van der Waals surface area contributed by atoms with E-state index in [0.717, 1.165) is 6.42 Å². The van der Waals surface area contributed by atoms with Crippen LogP contribution >= 0.6 is 0 Å². The first-order valence-corrected chi connectivity index (χ1v) is 30.9. The standard InChI is InChI=1S/C63H99Si.3ClH.Ti/c1-10-16-22-28-35-52-43-53(36-29-23-17-11-2)47-58(46-52)64(62-42-34-41-61(62)63(7,8)9,59-48-54(37-30-24-18-12-3)44-55(49-59)38-31-25-19-13-4)60-50-56(39-32-26-20-14-5)45-57(51-60)40-33-27-21-15-6;;;;/h34,43-51H,10-33,35-40,42H2,1-9H3;3*1H;/q;;;;+3/p-3. The molecule has 0 spiro atoms. The van der Waals surface area contributed by atoms with Crippen molar-refractivity contribution in [2.75, 3.05) is 0 Å². The number of benzene rings is 3. The van der Waals surface area contributed by atoms with Crippen molar-refractivity contribution in [3.05, 3.63) is 109 Å². The summed E-state index contributed by atoms with van der Waals surface area (Å²) in [7, 11) is -2.89. The van der Waals surface area contributed by atoms with Gasteiger partial charge in [-0.2, -0.15) is 0 Å². The number of unbranched alkanes of at least 4 members (excludes halogenated alkanes) is 18. The van der Waals surface area contributed by atoms with Gasteiger partial charge in [0.1, 0.15) is 0 Å². The third kappa shape index (κ3) is 20.5. The molecule has 0 saturated carbocycles. The normalized spacial score (nSPS) is 12.8. The van der Waals surface area contributed by atoms with Crippen molar-refractivity contribution in [3.63, 3.8) is 0 Å². The third-order valence-corrected chi connectivity index (χ3v) is 20.2. The molecule has 0 saturated heterocycles. The Bertz CT molecular complexity index is 1620. The Morgan fingerprint density at radius 1 is 0.368 bits per heavy atom. The summed E-state index contributed by atoms with van der Waals surface area (Å²) in [6.45, 7) is 21.7. The maximum absolute atomic E-state index is 2.89. The van der Waals surface area contributed by atoms with Crippen LogP contribution in [-0.2, 0) is 59.0 Å². The molecule has 0 heterocycles. The molecule has 1 aliphatic rings. The Hall–Kier alpha value is -1.06. The number of allylic oxidation sites excluding steroid dienone is 4. The molecule has 1 aliphatic carbocycles. The Labute approximate surface area is 453 Å². The van der Waals surface area contributed by atoms with Crippen LogP contribution in [0.4, 0.5) is 0 Å². The summed E-state index contributed by atoms with van der Waals surface area (Å²) in [5.41, 5.74) is 11.3. The molecule has 0 atom stereocenters. The van der Waals surface area contributed by atoms with Crippen LogP contribution in [0.5, 0.6) is 0 Å². The van der Waals surface area contributed by atoms with Gasteiger partial charge >= 0.3 is 378 Å². The van der Waals surface area contributed by atoms with Crippen molar-refractivity contribution in [1.82, 2.24) is 0 Å². The van der Waals surface area contributed by atoms with Crippen LogP contribution in [0.15, 0.2) is 75.3 Å². The molecule has 3 aromatic carbocycles. The molecule has 68 heavy (non-hydrogen) atoms. The number of aryl methyl sites for hydroxylation is 6. The molecule has 0 aromatic heterocycles. The minimum absolute atomic E-state index is 0. The Balaban J connectivity index is 0.00000771. The predicted octanol–water partition coefficient (Wildman–Crippen LogP) is 8.62. The van der Waals surface area contributed by atoms with E-state index >= 15 is 0 Å². The average Bonchev–Trinajstić information content (AvgIpc) is 3.69. The topological polar surface area (TPSA) is 0 Å². The van der Waals surface area contributed by atoms with E-state index in [2.05, 4.69) is 143 Å². The number of halogens is 3. The quantitative estimate of drug-likeness (QED) is 0.0320. The minimum Gasteiger partial charge on any atom is -1.00 e. The summed E-state index contributed by atoms with van der Waals surface area (Å²) >= 11 is 2.46. The van der Waals surface area contributed by atoms with Crippen LogP contribution in [0.1, 0.15) is 256 Å². The molecule has 0 radical (unpaired) electrons. The summed E-state index contributed by atoms with van der Waals surface area (Å²) in [6, 6.07) is 24.9. The second-order valence-corrected chi connectivity index (χ2v) is 26.3. The zero-order valence-corrected chi connectivity index (χ0v) is 50.2. The van der Waals surface area contributed by atoms with Gasteiger partial charge in [0.05, 0.1) is 0 Å². The summed E-state index contributed by atoms with van der Waals surface area (Å²) in [4.78, 5) is 0. The van der Waals surface area contributed by atoms with E-state index in [9.17, 15) is 0 Å². The van der Waals surface area contributed by atoms with Gasteiger partial charge in [-0.25, -0.2) is 0 Å². The Kier molecular flexibility index (Phi) is 34.3. The van der Waals surface area contributed by atoms with Crippen LogP contribution in [0.2, 0.25) is 0 Å². The second kappa shape index (κ2) is 36.0. The maximum Gasteiger partial charge on any atom is -1.00 e. The molecule has 0 bridgehead atoms. The van der Waals surface area contributed by atoms with Crippen LogP contribution in [0.25, 0.3) is 0 Å². The van der Waals surface area contributed by atoms with Crippen molar-refractivity contribution >= 4 is 23.6 Å². The first-order valence-electron chi connectivity index (χ1n) is 28.1. The molecule has 3 aromatic rings. The van der Waals surface area contributed by atoms with E-state index in [1.807, 2.05) is 0 Å². The average molecular weight is 1040 g/mol. The van der Waals surface area contributed by atoms with Gasteiger partial charge in [-0.3, -0.25) is 0 Å². The first-order chi connectivity index (χ1) is 31.5. The van der Waals surface area contributed by atoms with Crippen LogP contribution in [0, 0.1) is 5.41 Å². The fourth-order valence-corrected chi connectivity index (χ4v) is 18.1. The van der Waals surface area contributed by atoms with Gasteiger partial charge in [0.25, 0.3) is 0 Å². The van der Waals surface area contributed by atoms with Gasteiger partial charge in [-0.15, -0.1) is 0 Å². The molecular formula is C63H99Cl3SiTi. The number of hydrogen-bond acceptors (Lipinski definition) is 0. The van der Waals surface area contributed by atoms with Crippen LogP contribution in [-0.4, -0.2) is 8.07 Å². The molecule has 0 aliphatic heterocycles. The van der Waals surface area contributed by atoms with Crippen molar-refractivity contribution < 1.29 is 57.7 Å². The molecule has 380 valence electrons. The maximum atomic E-state index is 2.82.